The summed E-state index contributed by atoms with van der Waals surface area (Å²) in [4.78, 5) is 17.4. The Balaban J connectivity index is 1.69. The van der Waals surface area contributed by atoms with Gasteiger partial charge in [-0.05, 0) is 48.0 Å². The predicted molar refractivity (Wildman–Crippen MR) is 121 cm³/mol. The van der Waals surface area contributed by atoms with Gasteiger partial charge in [0, 0.05) is 5.02 Å². The lowest BCUT2D eigenvalue weighted by molar-refractivity contribution is 0.0515. The first-order chi connectivity index (χ1) is 14.9. The van der Waals surface area contributed by atoms with Crippen molar-refractivity contribution in [2.75, 3.05) is 7.11 Å². The lowest BCUT2D eigenvalue weighted by Gasteiger charge is -2.10. The Labute approximate surface area is 194 Å². The van der Waals surface area contributed by atoms with E-state index in [1.54, 1.807) is 60.7 Å². The quantitative estimate of drug-likeness (QED) is 0.203. The summed E-state index contributed by atoms with van der Waals surface area (Å²) in [6.07, 6.45) is 0. The lowest BCUT2D eigenvalue weighted by atomic mass is 10.1. The average Bonchev–Trinajstić information content (AvgIpc) is 2.78. The molecule has 0 spiro atoms. The fraction of sp³-hybridized carbons (Fsp3) is 0.0909. The zero-order valence-corrected chi connectivity index (χ0v) is 18.5. The number of carbonyl (C=O) groups excluding carboxylic acids is 1. The summed E-state index contributed by atoms with van der Waals surface area (Å²) in [5.74, 6) is 0.143. The molecule has 0 saturated heterocycles. The summed E-state index contributed by atoms with van der Waals surface area (Å²) in [5, 5.41) is 4.86. The van der Waals surface area contributed by atoms with Crippen molar-refractivity contribution < 1.29 is 19.1 Å². The molecule has 0 atom stereocenters. The summed E-state index contributed by atoms with van der Waals surface area (Å²) in [6.45, 7) is 0.173. The number of nitrogens with two attached hydrogens (primary N) is 1. The van der Waals surface area contributed by atoms with Crippen LogP contribution in [0.2, 0.25) is 15.1 Å². The van der Waals surface area contributed by atoms with Crippen LogP contribution in [0.15, 0.2) is 65.8 Å². The molecular formula is C22H17Cl3N2O4. The maximum atomic E-state index is 12.4. The normalized spacial score (nSPS) is 11.2. The van der Waals surface area contributed by atoms with E-state index < -0.39 is 5.97 Å². The third kappa shape index (κ3) is 5.82. The average molecular weight is 480 g/mol. The van der Waals surface area contributed by atoms with Crippen LogP contribution in [0.1, 0.15) is 21.5 Å². The minimum absolute atomic E-state index is 0.0530. The Bertz CT molecular complexity index is 1140. The molecule has 160 valence electrons. The van der Waals surface area contributed by atoms with Crippen LogP contribution in [-0.4, -0.2) is 18.9 Å². The second-order valence-electron chi connectivity index (χ2n) is 6.24. The maximum Gasteiger partial charge on any atom is 0.365 e. The van der Waals surface area contributed by atoms with Gasteiger partial charge in [0.05, 0.1) is 23.3 Å². The lowest BCUT2D eigenvalue weighted by Crippen LogP contribution is -2.16. The molecule has 0 unspecified atom stereocenters. The van der Waals surface area contributed by atoms with Gasteiger partial charge in [-0.15, -0.1) is 0 Å². The summed E-state index contributed by atoms with van der Waals surface area (Å²) in [7, 11) is 1.48. The molecule has 2 N–H and O–H groups in total. The van der Waals surface area contributed by atoms with Crippen LogP contribution in [0, 0.1) is 0 Å². The summed E-state index contributed by atoms with van der Waals surface area (Å²) in [6, 6.07) is 16.6. The zero-order valence-electron chi connectivity index (χ0n) is 16.3. The number of methoxy groups -OCH3 is 1. The van der Waals surface area contributed by atoms with E-state index in [2.05, 4.69) is 5.16 Å². The molecule has 6 nitrogen and oxygen atoms in total. The van der Waals surface area contributed by atoms with Crippen LogP contribution < -0.4 is 15.2 Å². The van der Waals surface area contributed by atoms with Crippen LogP contribution >= 0.6 is 34.8 Å². The van der Waals surface area contributed by atoms with Crippen molar-refractivity contribution in [1.29, 1.82) is 0 Å². The van der Waals surface area contributed by atoms with Gasteiger partial charge >= 0.3 is 5.97 Å². The standard InChI is InChI=1S/C22H17Cl3N2O4/c1-29-18-9-8-15(23)11-16(18)21(26)27-31-22(28)14-5-2-4-13(10-14)12-30-19-7-3-6-17(24)20(19)25/h2-11H,12H2,1H3,(H2,26,27). The SMILES string of the molecule is COc1ccc(Cl)cc1/C(N)=N/OC(=O)c1cccc(COc2cccc(Cl)c2Cl)c1. The Morgan fingerprint density at radius 1 is 1.00 bits per heavy atom. The first kappa shape index (κ1) is 22.7. The second kappa shape index (κ2) is 10.4. The molecule has 0 aliphatic heterocycles. The maximum absolute atomic E-state index is 12.4. The highest BCUT2D eigenvalue weighted by atomic mass is 35.5. The summed E-state index contributed by atoms with van der Waals surface area (Å²) >= 11 is 18.1. The Morgan fingerprint density at radius 2 is 1.77 bits per heavy atom. The Kier molecular flexibility index (Phi) is 7.63. The van der Waals surface area contributed by atoms with E-state index in [9.17, 15) is 4.79 Å². The van der Waals surface area contributed by atoms with Crippen molar-refractivity contribution in [1.82, 2.24) is 0 Å². The molecule has 9 heteroatoms. The number of hydrogen-bond acceptors (Lipinski definition) is 5. The minimum Gasteiger partial charge on any atom is -0.496 e. The van der Waals surface area contributed by atoms with Crippen molar-refractivity contribution in [2.24, 2.45) is 10.9 Å². The van der Waals surface area contributed by atoms with E-state index in [0.29, 0.717) is 32.1 Å². The first-order valence-electron chi connectivity index (χ1n) is 8.93. The van der Waals surface area contributed by atoms with Crippen molar-refractivity contribution in [3.05, 3.63) is 92.4 Å². The number of halogens is 3. The third-order valence-electron chi connectivity index (χ3n) is 4.14. The number of carbonyl (C=O) groups is 1. The van der Waals surface area contributed by atoms with Gasteiger partial charge in [-0.1, -0.05) is 58.2 Å². The highest BCUT2D eigenvalue weighted by Gasteiger charge is 2.13. The summed E-state index contributed by atoms with van der Waals surface area (Å²) < 4.78 is 10.9. The van der Waals surface area contributed by atoms with Gasteiger partial charge in [0.15, 0.2) is 5.84 Å². The summed E-state index contributed by atoms with van der Waals surface area (Å²) in [5.41, 5.74) is 7.32. The van der Waals surface area contributed by atoms with Crippen molar-refractivity contribution in [3.8, 4) is 11.5 Å². The van der Waals surface area contributed by atoms with Crippen molar-refractivity contribution >= 4 is 46.6 Å². The van der Waals surface area contributed by atoms with Crippen LogP contribution in [0.4, 0.5) is 0 Å². The molecule has 0 aromatic heterocycles. The van der Waals surface area contributed by atoms with E-state index in [0.717, 1.165) is 5.56 Å². The molecule has 0 saturated carbocycles. The highest BCUT2D eigenvalue weighted by Crippen LogP contribution is 2.32. The van der Waals surface area contributed by atoms with Crippen LogP contribution in [0.3, 0.4) is 0 Å². The molecule has 0 amide bonds. The van der Waals surface area contributed by atoms with E-state index in [1.807, 2.05) is 0 Å². The highest BCUT2D eigenvalue weighted by molar-refractivity contribution is 6.42. The molecular weight excluding hydrogens is 463 g/mol. The number of oxime groups is 1. The number of amidine groups is 1. The van der Waals surface area contributed by atoms with E-state index >= 15 is 0 Å². The number of hydrogen-bond donors (Lipinski definition) is 1. The zero-order chi connectivity index (χ0) is 22.4. The van der Waals surface area contributed by atoms with Gasteiger partial charge in [-0.25, -0.2) is 4.79 Å². The van der Waals surface area contributed by atoms with Crippen LogP contribution in [0.5, 0.6) is 11.5 Å². The van der Waals surface area contributed by atoms with Gasteiger partial charge < -0.3 is 20.0 Å². The molecule has 31 heavy (non-hydrogen) atoms. The van der Waals surface area contributed by atoms with E-state index in [-0.39, 0.29) is 18.0 Å². The minimum atomic E-state index is -0.688. The van der Waals surface area contributed by atoms with Crippen LogP contribution in [0.25, 0.3) is 0 Å². The number of ether oxygens (including phenoxy) is 2. The van der Waals surface area contributed by atoms with Gasteiger partial charge in [-0.3, -0.25) is 0 Å². The van der Waals surface area contributed by atoms with Gasteiger partial charge in [0.25, 0.3) is 0 Å². The molecule has 0 radical (unpaired) electrons. The molecule has 0 aliphatic carbocycles. The smallest absolute Gasteiger partial charge is 0.365 e. The fourth-order valence-electron chi connectivity index (χ4n) is 2.62. The molecule has 0 heterocycles. The van der Waals surface area contributed by atoms with Gasteiger partial charge in [0.2, 0.25) is 0 Å². The second-order valence-corrected chi connectivity index (χ2v) is 7.46. The Morgan fingerprint density at radius 3 is 2.55 bits per heavy atom. The molecule has 0 aliphatic rings. The molecule has 3 rings (SSSR count). The number of rotatable bonds is 7. The Hall–Kier alpha value is -2.93. The molecule has 3 aromatic carbocycles. The van der Waals surface area contributed by atoms with Gasteiger partial charge in [-0.2, -0.15) is 0 Å². The van der Waals surface area contributed by atoms with Crippen LogP contribution in [-0.2, 0) is 11.4 Å². The van der Waals surface area contributed by atoms with Crippen molar-refractivity contribution in [3.63, 3.8) is 0 Å². The number of benzene rings is 3. The number of nitrogens with zero attached hydrogens (tertiary/aromatic N) is 1. The molecule has 0 bridgehead atoms. The molecule has 0 fully saturated rings. The van der Waals surface area contributed by atoms with Crippen molar-refractivity contribution in [2.45, 2.75) is 6.61 Å². The topological polar surface area (TPSA) is 83.1 Å². The fourth-order valence-corrected chi connectivity index (χ4v) is 3.14. The van der Waals surface area contributed by atoms with E-state index in [4.69, 9.17) is 54.8 Å². The predicted octanol–water partition coefficient (Wildman–Crippen LogP) is 5.71. The largest absolute Gasteiger partial charge is 0.496 e. The first-order valence-corrected chi connectivity index (χ1v) is 10.1. The molecule has 3 aromatic rings. The monoisotopic (exact) mass is 478 g/mol. The van der Waals surface area contributed by atoms with Gasteiger partial charge in [0.1, 0.15) is 23.1 Å². The third-order valence-corrected chi connectivity index (χ3v) is 5.17. The van der Waals surface area contributed by atoms with E-state index in [1.165, 1.54) is 7.11 Å².